The lowest BCUT2D eigenvalue weighted by molar-refractivity contribution is 0.0662. The van der Waals surface area contributed by atoms with Crippen molar-refractivity contribution < 1.29 is 9.84 Å². The summed E-state index contributed by atoms with van der Waals surface area (Å²) in [7, 11) is 0. The predicted octanol–water partition coefficient (Wildman–Crippen LogP) is 7.04. The maximum atomic E-state index is 10.2. The van der Waals surface area contributed by atoms with Gasteiger partial charge in [0.1, 0.15) is 5.76 Å². The molecule has 2 nitrogen and oxygen atoms in total. The number of ether oxygens (including phenoxy) is 1. The molecule has 0 spiro atoms. The van der Waals surface area contributed by atoms with Crippen LogP contribution in [-0.4, -0.2) is 17.8 Å². The molecule has 4 aliphatic rings. The van der Waals surface area contributed by atoms with Gasteiger partial charge < -0.3 is 9.84 Å². The Balaban J connectivity index is 1.57. The third kappa shape index (κ3) is 3.73. The topological polar surface area (TPSA) is 29.5 Å². The normalized spacial score (nSPS) is 40.5. The zero-order valence-electron chi connectivity index (χ0n) is 19.6. The fraction of sp³-hybridized carbons (Fsp3) is 0.852. The van der Waals surface area contributed by atoms with Crippen molar-refractivity contribution in [2.75, 3.05) is 6.61 Å². The van der Waals surface area contributed by atoms with E-state index in [2.05, 4.69) is 40.7 Å². The van der Waals surface area contributed by atoms with Gasteiger partial charge in [-0.2, -0.15) is 0 Å². The van der Waals surface area contributed by atoms with Crippen molar-refractivity contribution in [3.63, 3.8) is 0 Å². The van der Waals surface area contributed by atoms with Crippen molar-refractivity contribution in [1.82, 2.24) is 0 Å². The first kappa shape index (κ1) is 21.5. The summed E-state index contributed by atoms with van der Waals surface area (Å²) in [4.78, 5) is 0. The maximum Gasteiger partial charge on any atom is 0.106 e. The molecule has 1 heterocycles. The molecule has 2 fully saturated rings. The van der Waals surface area contributed by atoms with Crippen LogP contribution >= 0.6 is 0 Å². The van der Waals surface area contributed by atoms with E-state index in [1.807, 2.05) is 0 Å². The van der Waals surface area contributed by atoms with Crippen LogP contribution in [0.15, 0.2) is 23.0 Å². The molecule has 0 bridgehead atoms. The third-order valence-electron chi connectivity index (χ3n) is 9.35. The highest BCUT2D eigenvalue weighted by Crippen LogP contribution is 2.62. The Morgan fingerprint density at radius 2 is 1.90 bits per heavy atom. The summed E-state index contributed by atoms with van der Waals surface area (Å²) in [6, 6.07) is 0. The molecule has 1 N–H and O–H groups in total. The molecular formula is C27H44O2. The molecule has 0 saturated heterocycles. The Kier molecular flexibility index (Phi) is 5.97. The van der Waals surface area contributed by atoms with Gasteiger partial charge in [0.15, 0.2) is 0 Å². The van der Waals surface area contributed by atoms with Gasteiger partial charge in [0.05, 0.1) is 12.7 Å². The van der Waals surface area contributed by atoms with Crippen molar-refractivity contribution in [2.45, 2.75) is 105 Å². The van der Waals surface area contributed by atoms with Crippen LogP contribution in [0.1, 0.15) is 98.8 Å². The number of hydrogen-bond acceptors (Lipinski definition) is 2. The lowest BCUT2D eigenvalue weighted by Crippen LogP contribution is -2.36. The van der Waals surface area contributed by atoms with Crippen LogP contribution in [0.4, 0.5) is 0 Å². The molecule has 0 aromatic heterocycles. The largest absolute Gasteiger partial charge is 0.497 e. The Morgan fingerprint density at radius 1 is 1.10 bits per heavy atom. The van der Waals surface area contributed by atoms with E-state index in [-0.39, 0.29) is 11.5 Å². The van der Waals surface area contributed by atoms with Crippen LogP contribution in [0.5, 0.6) is 0 Å². The Bertz CT molecular complexity index is 674. The van der Waals surface area contributed by atoms with Gasteiger partial charge in [0.2, 0.25) is 0 Å². The molecule has 6 atom stereocenters. The van der Waals surface area contributed by atoms with E-state index in [9.17, 15) is 5.11 Å². The number of allylic oxidation sites excluding steroid dienone is 3. The van der Waals surface area contributed by atoms with E-state index in [1.54, 1.807) is 5.57 Å². The lowest BCUT2D eigenvalue weighted by Gasteiger charge is -2.44. The minimum absolute atomic E-state index is 0.0407. The molecule has 0 radical (unpaired) electrons. The first-order valence-corrected chi connectivity index (χ1v) is 12.5. The Labute approximate surface area is 179 Å². The first-order valence-electron chi connectivity index (χ1n) is 12.5. The number of aliphatic hydroxyl groups excluding tert-OH is 1. The zero-order chi connectivity index (χ0) is 20.8. The van der Waals surface area contributed by atoms with Crippen LogP contribution in [0.3, 0.4) is 0 Å². The average molecular weight is 401 g/mol. The molecule has 29 heavy (non-hydrogen) atoms. The van der Waals surface area contributed by atoms with E-state index in [4.69, 9.17) is 4.74 Å². The molecule has 3 aliphatic carbocycles. The van der Waals surface area contributed by atoms with Crippen molar-refractivity contribution in [1.29, 1.82) is 0 Å². The summed E-state index contributed by atoms with van der Waals surface area (Å²) in [5.74, 6) is 4.50. The van der Waals surface area contributed by atoms with Crippen molar-refractivity contribution in [3.8, 4) is 0 Å². The highest BCUT2D eigenvalue weighted by Gasteiger charge is 2.54. The smallest absolute Gasteiger partial charge is 0.106 e. The summed E-state index contributed by atoms with van der Waals surface area (Å²) < 4.78 is 6.61. The van der Waals surface area contributed by atoms with E-state index in [1.165, 1.54) is 49.9 Å². The molecule has 0 unspecified atom stereocenters. The molecule has 2 saturated carbocycles. The molecule has 0 aromatic rings. The summed E-state index contributed by atoms with van der Waals surface area (Å²) in [6.07, 6.45) is 14.2. The predicted molar refractivity (Wildman–Crippen MR) is 120 cm³/mol. The van der Waals surface area contributed by atoms with E-state index >= 15 is 0 Å². The molecule has 1 aliphatic heterocycles. The van der Waals surface area contributed by atoms with Crippen LogP contribution < -0.4 is 0 Å². The lowest BCUT2D eigenvalue weighted by atomic mass is 9.61. The third-order valence-corrected chi connectivity index (χ3v) is 9.35. The minimum Gasteiger partial charge on any atom is -0.497 e. The van der Waals surface area contributed by atoms with Gasteiger partial charge in [0, 0.05) is 5.41 Å². The molecule has 2 heteroatoms. The monoisotopic (exact) mass is 400 g/mol. The van der Waals surface area contributed by atoms with Gasteiger partial charge in [0.25, 0.3) is 0 Å². The van der Waals surface area contributed by atoms with E-state index in [0.29, 0.717) is 11.3 Å². The SMILES string of the molecule is CC(C)CCC[C@@H](C)[C@H]1CC[C@H]2C3=C(OCC[C@]12C)[C@@]1(C)CC[C@H](O)CC1=CC3. The van der Waals surface area contributed by atoms with Crippen LogP contribution in [0.25, 0.3) is 0 Å². The fourth-order valence-corrected chi connectivity index (χ4v) is 7.55. The summed E-state index contributed by atoms with van der Waals surface area (Å²) >= 11 is 0. The van der Waals surface area contributed by atoms with Gasteiger partial charge in [-0.15, -0.1) is 0 Å². The first-order chi connectivity index (χ1) is 13.8. The number of hydrogen-bond donors (Lipinski definition) is 1. The summed E-state index contributed by atoms with van der Waals surface area (Å²) in [6.45, 7) is 13.1. The fourth-order valence-electron chi connectivity index (χ4n) is 7.55. The average Bonchev–Trinajstić information content (AvgIpc) is 2.91. The van der Waals surface area contributed by atoms with Gasteiger partial charge >= 0.3 is 0 Å². The Morgan fingerprint density at radius 3 is 2.66 bits per heavy atom. The maximum absolute atomic E-state index is 10.2. The number of fused-ring (bicyclic) bond motifs is 4. The molecule has 164 valence electrons. The molecule has 4 rings (SSSR count). The number of rotatable bonds is 5. The van der Waals surface area contributed by atoms with E-state index in [0.717, 1.165) is 50.0 Å². The Hall–Kier alpha value is -0.760. The van der Waals surface area contributed by atoms with Crippen molar-refractivity contribution in [3.05, 3.63) is 23.0 Å². The van der Waals surface area contributed by atoms with Crippen LogP contribution in [0, 0.1) is 34.5 Å². The van der Waals surface area contributed by atoms with Crippen molar-refractivity contribution in [2.24, 2.45) is 34.5 Å². The van der Waals surface area contributed by atoms with Gasteiger partial charge in [-0.05, 0) is 86.5 Å². The molecule has 0 aromatic carbocycles. The highest BCUT2D eigenvalue weighted by molar-refractivity contribution is 5.39. The van der Waals surface area contributed by atoms with Crippen molar-refractivity contribution >= 4 is 0 Å². The second-order valence-corrected chi connectivity index (χ2v) is 11.7. The van der Waals surface area contributed by atoms with Gasteiger partial charge in [-0.3, -0.25) is 0 Å². The minimum atomic E-state index is -0.157. The molecule has 0 amide bonds. The van der Waals surface area contributed by atoms with E-state index < -0.39 is 0 Å². The number of aliphatic hydroxyl groups is 1. The van der Waals surface area contributed by atoms with Gasteiger partial charge in [-0.1, -0.05) is 58.6 Å². The second-order valence-electron chi connectivity index (χ2n) is 11.7. The molecular weight excluding hydrogens is 356 g/mol. The standard InChI is InChI=1S/C27H44O2/c1-18(2)7-6-8-19(3)23-11-12-24-22-10-9-20-17-21(28)13-14-26(20,4)25(22)29-16-15-27(23,24)5/h9,18-19,21,23-24,28H,6-8,10-17H2,1-5H3/t19-,21+,23-,24+,26+,27-/m1/s1. The second kappa shape index (κ2) is 8.06. The van der Waals surface area contributed by atoms with Crippen LogP contribution in [-0.2, 0) is 4.74 Å². The quantitative estimate of drug-likeness (QED) is 0.502. The summed E-state index contributed by atoms with van der Waals surface area (Å²) in [5.41, 5.74) is 3.50. The van der Waals surface area contributed by atoms with Crippen LogP contribution in [0.2, 0.25) is 0 Å². The highest BCUT2D eigenvalue weighted by atomic mass is 16.5. The summed E-state index contributed by atoms with van der Waals surface area (Å²) in [5, 5.41) is 10.2. The van der Waals surface area contributed by atoms with Gasteiger partial charge in [-0.25, -0.2) is 0 Å². The zero-order valence-corrected chi connectivity index (χ0v) is 19.6.